The van der Waals surface area contributed by atoms with E-state index < -0.39 is 0 Å². The first kappa shape index (κ1) is 5.45. The molecule has 0 aromatic heterocycles. The molecule has 0 N–H and O–H groups in total. The van der Waals surface area contributed by atoms with Gasteiger partial charge in [-0.1, -0.05) is 19.3 Å². The van der Waals surface area contributed by atoms with E-state index in [1.165, 1.54) is 25.7 Å². The summed E-state index contributed by atoms with van der Waals surface area (Å²) in [7, 11) is 0. The van der Waals surface area contributed by atoms with E-state index in [0.29, 0.717) is 0 Å². The van der Waals surface area contributed by atoms with Gasteiger partial charge in [-0.15, -0.1) is 0 Å². The van der Waals surface area contributed by atoms with Crippen molar-refractivity contribution in [3.05, 3.63) is 0 Å². The van der Waals surface area contributed by atoms with Crippen molar-refractivity contribution in [3.63, 3.8) is 0 Å². The van der Waals surface area contributed by atoms with Crippen LogP contribution in [0.15, 0.2) is 4.99 Å². The molecule has 2 rings (SSSR count). The zero-order valence-corrected chi connectivity index (χ0v) is 5.71. The molecule has 1 saturated carbocycles. The molecule has 1 aliphatic carbocycles. The quantitative estimate of drug-likeness (QED) is 0.505. The Morgan fingerprint density at radius 1 is 1.22 bits per heavy atom. The number of nitrogens with zero attached hydrogens (tertiary/aromatic N) is 1. The maximum atomic E-state index is 4.24. The summed E-state index contributed by atoms with van der Waals surface area (Å²) in [5.74, 6) is 1.99. The molecule has 50 valence electrons. The normalized spacial score (nSPS) is 34.9. The monoisotopic (exact) mass is 123 g/mol. The fourth-order valence-corrected chi connectivity index (χ4v) is 1.75. The van der Waals surface area contributed by atoms with E-state index in [4.69, 9.17) is 0 Å². The molecule has 0 aromatic rings. The van der Waals surface area contributed by atoms with Gasteiger partial charge in [0.15, 0.2) is 0 Å². The van der Waals surface area contributed by atoms with E-state index >= 15 is 0 Å². The Kier molecular flexibility index (Phi) is 1.29. The van der Waals surface area contributed by atoms with Gasteiger partial charge < -0.3 is 0 Å². The Hall–Kier alpha value is -0.330. The van der Waals surface area contributed by atoms with Gasteiger partial charge in [0.2, 0.25) is 0 Å². The fourth-order valence-electron chi connectivity index (χ4n) is 1.75. The van der Waals surface area contributed by atoms with Crippen LogP contribution in [-0.2, 0) is 0 Å². The minimum atomic E-state index is 0.943. The van der Waals surface area contributed by atoms with Gasteiger partial charge in [0.05, 0.1) is 0 Å². The second kappa shape index (κ2) is 2.13. The van der Waals surface area contributed by atoms with Crippen LogP contribution in [0.25, 0.3) is 0 Å². The van der Waals surface area contributed by atoms with Gasteiger partial charge in [-0.25, -0.2) is 0 Å². The van der Waals surface area contributed by atoms with E-state index in [2.05, 4.69) is 11.2 Å². The van der Waals surface area contributed by atoms with E-state index in [9.17, 15) is 0 Å². The molecule has 0 saturated heterocycles. The summed E-state index contributed by atoms with van der Waals surface area (Å²) in [6, 6.07) is 0. The van der Waals surface area contributed by atoms with Gasteiger partial charge in [-0.2, -0.15) is 0 Å². The molecule has 0 radical (unpaired) electrons. The fraction of sp³-hybridized carbons (Fsp3) is 0.875. The Morgan fingerprint density at radius 3 is 2.56 bits per heavy atom. The first-order valence-corrected chi connectivity index (χ1v) is 3.95. The lowest BCUT2D eigenvalue weighted by Gasteiger charge is -2.30. The summed E-state index contributed by atoms with van der Waals surface area (Å²) >= 11 is 0. The lowest BCUT2D eigenvalue weighted by atomic mass is 9.75. The molecule has 2 aliphatic rings. The lowest BCUT2D eigenvalue weighted by molar-refractivity contribution is 0.223. The topological polar surface area (TPSA) is 12.4 Å². The first-order chi connectivity index (χ1) is 4.47. The molecule has 0 spiro atoms. The van der Waals surface area contributed by atoms with E-state index in [-0.39, 0.29) is 0 Å². The van der Waals surface area contributed by atoms with Crippen molar-refractivity contribution in [2.75, 3.05) is 6.54 Å². The van der Waals surface area contributed by atoms with Crippen LogP contribution >= 0.6 is 0 Å². The molecule has 1 aliphatic heterocycles. The third kappa shape index (κ3) is 0.887. The highest BCUT2D eigenvalue weighted by molar-refractivity contribution is 5.59. The third-order valence-electron chi connectivity index (χ3n) is 2.69. The van der Waals surface area contributed by atoms with Gasteiger partial charge in [-0.05, 0) is 24.5 Å². The summed E-state index contributed by atoms with van der Waals surface area (Å²) in [6.45, 7) is 1.13. The summed E-state index contributed by atoms with van der Waals surface area (Å²) in [5.41, 5.74) is 0. The van der Waals surface area contributed by atoms with Crippen molar-refractivity contribution in [1.82, 2.24) is 0 Å². The molecule has 9 heavy (non-hydrogen) atoms. The molecule has 1 heteroatoms. The Labute approximate surface area is 56.2 Å². The van der Waals surface area contributed by atoms with Crippen LogP contribution in [0.2, 0.25) is 0 Å². The van der Waals surface area contributed by atoms with E-state index in [1.54, 1.807) is 0 Å². The Balaban J connectivity index is 1.85. The van der Waals surface area contributed by atoms with Gasteiger partial charge in [0.25, 0.3) is 0 Å². The zero-order valence-electron chi connectivity index (χ0n) is 5.71. The van der Waals surface area contributed by atoms with Gasteiger partial charge in [0.1, 0.15) is 0 Å². The molecule has 1 atom stereocenters. The largest absolute Gasteiger partial charge is 0.297 e. The van der Waals surface area contributed by atoms with Crippen molar-refractivity contribution >= 4 is 6.21 Å². The molecule has 0 amide bonds. The predicted octanol–water partition coefficient (Wildman–Crippen LogP) is 1.88. The van der Waals surface area contributed by atoms with Crippen molar-refractivity contribution in [1.29, 1.82) is 0 Å². The molecule has 1 unspecified atom stereocenters. The molecule has 1 fully saturated rings. The smallest absolute Gasteiger partial charge is 0.0419 e. The number of hydrogen-bond acceptors (Lipinski definition) is 1. The summed E-state index contributed by atoms with van der Waals surface area (Å²) in [4.78, 5) is 4.24. The van der Waals surface area contributed by atoms with Crippen LogP contribution < -0.4 is 0 Å². The average Bonchev–Trinajstić information content (AvgIpc) is 2.11. The van der Waals surface area contributed by atoms with Crippen molar-refractivity contribution < 1.29 is 0 Å². The first-order valence-electron chi connectivity index (χ1n) is 3.95. The van der Waals surface area contributed by atoms with Crippen molar-refractivity contribution in [2.45, 2.75) is 25.7 Å². The number of aliphatic imine (C=N–C) groups is 1. The van der Waals surface area contributed by atoms with Gasteiger partial charge in [0, 0.05) is 6.54 Å². The SMILES string of the molecule is C1=NCC(C2CCC2)C1. The van der Waals surface area contributed by atoms with Crippen molar-refractivity contribution in [3.8, 4) is 0 Å². The van der Waals surface area contributed by atoms with E-state index in [1.807, 2.05) is 0 Å². The summed E-state index contributed by atoms with van der Waals surface area (Å²) in [6.07, 6.45) is 7.80. The van der Waals surface area contributed by atoms with Crippen LogP contribution in [0.3, 0.4) is 0 Å². The number of hydrogen-bond donors (Lipinski definition) is 0. The molecule has 1 heterocycles. The molecule has 1 nitrogen and oxygen atoms in total. The molecular formula is C8H13N. The maximum absolute atomic E-state index is 4.24. The second-order valence-corrected chi connectivity index (χ2v) is 3.23. The summed E-state index contributed by atoms with van der Waals surface area (Å²) in [5, 5.41) is 0. The van der Waals surface area contributed by atoms with Crippen LogP contribution in [0, 0.1) is 11.8 Å². The molecule has 0 bridgehead atoms. The van der Waals surface area contributed by atoms with Gasteiger partial charge >= 0.3 is 0 Å². The molecular weight excluding hydrogens is 110 g/mol. The second-order valence-electron chi connectivity index (χ2n) is 3.23. The zero-order chi connectivity index (χ0) is 6.10. The third-order valence-corrected chi connectivity index (χ3v) is 2.69. The highest BCUT2D eigenvalue weighted by atomic mass is 14.7. The van der Waals surface area contributed by atoms with Gasteiger partial charge in [-0.3, -0.25) is 4.99 Å². The predicted molar refractivity (Wildman–Crippen MR) is 38.8 cm³/mol. The maximum Gasteiger partial charge on any atom is 0.0419 e. The van der Waals surface area contributed by atoms with E-state index in [0.717, 1.165) is 18.4 Å². The van der Waals surface area contributed by atoms with Crippen LogP contribution in [0.5, 0.6) is 0 Å². The summed E-state index contributed by atoms with van der Waals surface area (Å²) < 4.78 is 0. The van der Waals surface area contributed by atoms with Crippen LogP contribution in [0.1, 0.15) is 25.7 Å². The lowest BCUT2D eigenvalue weighted by Crippen LogP contribution is -2.21. The Morgan fingerprint density at radius 2 is 2.11 bits per heavy atom. The van der Waals surface area contributed by atoms with Crippen LogP contribution in [-0.4, -0.2) is 12.8 Å². The minimum Gasteiger partial charge on any atom is -0.297 e. The minimum absolute atomic E-state index is 0.943. The highest BCUT2D eigenvalue weighted by Crippen LogP contribution is 2.36. The highest BCUT2D eigenvalue weighted by Gasteiger charge is 2.27. The average molecular weight is 123 g/mol. The van der Waals surface area contributed by atoms with Crippen LogP contribution in [0.4, 0.5) is 0 Å². The molecule has 0 aromatic carbocycles. The number of rotatable bonds is 1. The standard InChI is InChI=1S/C8H13N/c1-2-7(3-1)8-4-5-9-6-8/h5,7-8H,1-4,6H2. The van der Waals surface area contributed by atoms with Crippen molar-refractivity contribution in [2.24, 2.45) is 16.8 Å². The Bertz CT molecular complexity index is 117.